The summed E-state index contributed by atoms with van der Waals surface area (Å²) in [5.41, 5.74) is 0. The zero-order valence-corrected chi connectivity index (χ0v) is 12.0. The maximum atomic E-state index is 11.7. The van der Waals surface area contributed by atoms with Crippen LogP contribution in [0.1, 0.15) is 20.3 Å². The number of ether oxygens (including phenoxy) is 1. The minimum atomic E-state index is -0.172. The second-order valence-electron chi connectivity index (χ2n) is 4.38. The highest BCUT2D eigenvalue weighted by Crippen LogP contribution is 2.24. The summed E-state index contributed by atoms with van der Waals surface area (Å²) < 4.78 is 6.40. The first-order chi connectivity index (χ1) is 8.60. The smallest absolute Gasteiger partial charge is 0.314 e. The molecule has 0 bridgehead atoms. The minimum absolute atomic E-state index is 0.0642. The van der Waals surface area contributed by atoms with Crippen LogP contribution in [0, 0.1) is 5.92 Å². The summed E-state index contributed by atoms with van der Waals surface area (Å²) >= 11 is 3.43. The second kappa shape index (κ2) is 5.53. The fourth-order valence-electron chi connectivity index (χ4n) is 1.64. The molecule has 0 aliphatic carbocycles. The number of halogens is 1. The van der Waals surface area contributed by atoms with Gasteiger partial charge in [0.15, 0.2) is 0 Å². The maximum absolute atomic E-state index is 11.7. The van der Waals surface area contributed by atoms with Gasteiger partial charge in [0, 0.05) is 4.47 Å². The highest BCUT2D eigenvalue weighted by atomic mass is 79.9. The fraction of sp³-hybridized carbons (Fsp3) is 0.267. The summed E-state index contributed by atoms with van der Waals surface area (Å²) in [6.07, 6.45) is 0.791. The second-order valence-corrected chi connectivity index (χ2v) is 5.30. The number of esters is 1. The number of hydrogen-bond donors (Lipinski definition) is 0. The predicted molar refractivity (Wildman–Crippen MR) is 76.7 cm³/mol. The van der Waals surface area contributed by atoms with Gasteiger partial charge in [0.2, 0.25) is 0 Å². The molecule has 0 heterocycles. The summed E-state index contributed by atoms with van der Waals surface area (Å²) in [6.45, 7) is 3.85. The first kappa shape index (κ1) is 13.1. The Bertz CT molecular complexity index is 578. The van der Waals surface area contributed by atoms with Crippen LogP contribution in [0.2, 0.25) is 0 Å². The zero-order chi connectivity index (χ0) is 13.1. The molecule has 18 heavy (non-hydrogen) atoms. The van der Waals surface area contributed by atoms with Gasteiger partial charge >= 0.3 is 5.97 Å². The Labute approximate surface area is 115 Å². The predicted octanol–water partition coefficient (Wildman–Crippen LogP) is 4.55. The molecule has 0 radical (unpaired) electrons. The Morgan fingerprint density at radius 1 is 1.22 bits per heavy atom. The van der Waals surface area contributed by atoms with Gasteiger partial charge in [-0.15, -0.1) is 0 Å². The third kappa shape index (κ3) is 2.91. The van der Waals surface area contributed by atoms with Gasteiger partial charge in [-0.05, 0) is 41.5 Å². The van der Waals surface area contributed by atoms with Crippen LogP contribution < -0.4 is 4.74 Å². The van der Waals surface area contributed by atoms with Gasteiger partial charge in [0.05, 0.1) is 5.92 Å². The molecule has 3 heteroatoms. The largest absolute Gasteiger partial charge is 0.426 e. The summed E-state index contributed by atoms with van der Waals surface area (Å²) in [5.74, 6) is 0.370. The Balaban J connectivity index is 2.25. The van der Waals surface area contributed by atoms with Crippen molar-refractivity contribution >= 4 is 32.7 Å². The third-order valence-electron chi connectivity index (χ3n) is 3.01. The summed E-state index contributed by atoms with van der Waals surface area (Å²) in [5, 5.41) is 2.18. The molecule has 0 aromatic heterocycles. The molecule has 0 aliphatic heterocycles. The molecule has 0 fully saturated rings. The molecule has 0 N–H and O–H groups in total. The van der Waals surface area contributed by atoms with Gasteiger partial charge in [0.1, 0.15) is 5.75 Å². The summed E-state index contributed by atoms with van der Waals surface area (Å²) in [6, 6.07) is 11.7. The monoisotopic (exact) mass is 306 g/mol. The Kier molecular flexibility index (Phi) is 4.02. The number of fused-ring (bicyclic) bond motifs is 1. The van der Waals surface area contributed by atoms with Crippen LogP contribution in [0.15, 0.2) is 40.9 Å². The molecular weight excluding hydrogens is 292 g/mol. The maximum Gasteiger partial charge on any atom is 0.314 e. The van der Waals surface area contributed by atoms with E-state index in [2.05, 4.69) is 15.9 Å². The summed E-state index contributed by atoms with van der Waals surface area (Å²) in [4.78, 5) is 11.7. The van der Waals surface area contributed by atoms with Crippen LogP contribution in [0.5, 0.6) is 5.75 Å². The lowest BCUT2D eigenvalue weighted by atomic mass is 10.1. The molecule has 2 rings (SSSR count). The van der Waals surface area contributed by atoms with E-state index in [0.717, 1.165) is 21.7 Å². The average Bonchev–Trinajstić information content (AvgIpc) is 2.38. The topological polar surface area (TPSA) is 26.3 Å². The van der Waals surface area contributed by atoms with Crippen molar-refractivity contribution in [3.8, 4) is 5.75 Å². The number of rotatable bonds is 3. The summed E-state index contributed by atoms with van der Waals surface area (Å²) in [7, 11) is 0. The third-order valence-corrected chi connectivity index (χ3v) is 3.50. The number of hydrogen-bond acceptors (Lipinski definition) is 2. The van der Waals surface area contributed by atoms with Crippen molar-refractivity contribution in [1.82, 2.24) is 0 Å². The first-order valence-corrected chi connectivity index (χ1v) is 6.80. The van der Waals surface area contributed by atoms with E-state index >= 15 is 0 Å². The molecular formula is C15H15BrO2. The van der Waals surface area contributed by atoms with E-state index in [1.54, 1.807) is 0 Å². The Hall–Kier alpha value is -1.35. The standard InChI is InChI=1S/C15H15BrO2/c1-3-10(2)15(17)18-14-7-5-11-8-13(16)6-4-12(11)9-14/h4-10H,3H2,1-2H3. The number of benzene rings is 2. The van der Waals surface area contributed by atoms with E-state index in [4.69, 9.17) is 4.74 Å². The molecule has 0 aliphatic rings. The van der Waals surface area contributed by atoms with Crippen LogP contribution >= 0.6 is 15.9 Å². The molecule has 2 aromatic carbocycles. The van der Waals surface area contributed by atoms with E-state index in [1.807, 2.05) is 50.2 Å². The van der Waals surface area contributed by atoms with Crippen molar-refractivity contribution in [1.29, 1.82) is 0 Å². The zero-order valence-electron chi connectivity index (χ0n) is 10.4. The average molecular weight is 307 g/mol. The molecule has 2 nitrogen and oxygen atoms in total. The van der Waals surface area contributed by atoms with Gasteiger partial charge in [-0.25, -0.2) is 0 Å². The van der Waals surface area contributed by atoms with Gasteiger partial charge in [-0.3, -0.25) is 4.79 Å². The van der Waals surface area contributed by atoms with E-state index in [-0.39, 0.29) is 11.9 Å². The number of carbonyl (C=O) groups is 1. The van der Waals surface area contributed by atoms with Crippen LogP contribution in [0.3, 0.4) is 0 Å². The van der Waals surface area contributed by atoms with Crippen molar-refractivity contribution in [3.05, 3.63) is 40.9 Å². The van der Waals surface area contributed by atoms with E-state index in [0.29, 0.717) is 5.75 Å². The lowest BCUT2D eigenvalue weighted by Crippen LogP contribution is -2.16. The Morgan fingerprint density at radius 3 is 2.61 bits per heavy atom. The molecule has 0 amide bonds. The highest BCUT2D eigenvalue weighted by molar-refractivity contribution is 9.10. The van der Waals surface area contributed by atoms with Crippen LogP contribution in [0.25, 0.3) is 10.8 Å². The molecule has 1 atom stereocenters. The van der Waals surface area contributed by atoms with Gasteiger partial charge < -0.3 is 4.74 Å². The van der Waals surface area contributed by atoms with E-state index < -0.39 is 0 Å². The first-order valence-electron chi connectivity index (χ1n) is 6.01. The highest BCUT2D eigenvalue weighted by Gasteiger charge is 2.13. The van der Waals surface area contributed by atoms with Crippen molar-refractivity contribution in [2.75, 3.05) is 0 Å². The van der Waals surface area contributed by atoms with Gasteiger partial charge in [-0.2, -0.15) is 0 Å². The fourth-order valence-corrected chi connectivity index (χ4v) is 2.02. The van der Waals surface area contributed by atoms with Crippen molar-refractivity contribution in [2.45, 2.75) is 20.3 Å². The lowest BCUT2D eigenvalue weighted by Gasteiger charge is -2.09. The molecule has 1 unspecified atom stereocenters. The molecule has 2 aromatic rings. The minimum Gasteiger partial charge on any atom is -0.426 e. The molecule has 0 spiro atoms. The van der Waals surface area contributed by atoms with Crippen LogP contribution in [0.4, 0.5) is 0 Å². The lowest BCUT2D eigenvalue weighted by molar-refractivity contribution is -0.138. The molecule has 0 saturated heterocycles. The molecule has 0 saturated carbocycles. The normalized spacial score (nSPS) is 12.4. The van der Waals surface area contributed by atoms with E-state index in [1.165, 1.54) is 0 Å². The van der Waals surface area contributed by atoms with Gasteiger partial charge in [0.25, 0.3) is 0 Å². The number of carbonyl (C=O) groups excluding carboxylic acids is 1. The van der Waals surface area contributed by atoms with Crippen molar-refractivity contribution in [2.24, 2.45) is 5.92 Å². The van der Waals surface area contributed by atoms with Crippen molar-refractivity contribution < 1.29 is 9.53 Å². The SMILES string of the molecule is CCC(C)C(=O)Oc1ccc2cc(Br)ccc2c1. The molecule has 94 valence electrons. The van der Waals surface area contributed by atoms with Gasteiger partial charge in [-0.1, -0.05) is 41.9 Å². The van der Waals surface area contributed by atoms with Crippen LogP contribution in [-0.2, 0) is 4.79 Å². The Morgan fingerprint density at radius 2 is 1.89 bits per heavy atom. The van der Waals surface area contributed by atoms with Crippen molar-refractivity contribution in [3.63, 3.8) is 0 Å². The quantitative estimate of drug-likeness (QED) is 0.614. The van der Waals surface area contributed by atoms with Crippen LogP contribution in [-0.4, -0.2) is 5.97 Å². The van der Waals surface area contributed by atoms with E-state index in [9.17, 15) is 4.79 Å².